The van der Waals surface area contributed by atoms with Crippen molar-refractivity contribution in [3.8, 4) is 0 Å². The van der Waals surface area contributed by atoms with Gasteiger partial charge >= 0.3 is 6.03 Å². The Morgan fingerprint density at radius 1 is 0.879 bits per heavy atom. The first-order valence-electron chi connectivity index (χ1n) is 11.8. The number of ether oxygens (including phenoxy) is 1. The van der Waals surface area contributed by atoms with Crippen LogP contribution in [0.25, 0.3) is 21.8 Å². The molecule has 1 N–H and O–H groups in total. The molecule has 0 unspecified atom stereocenters. The fourth-order valence-electron chi connectivity index (χ4n) is 4.93. The number of nitrogens with one attached hydrogen (secondary N) is 1. The van der Waals surface area contributed by atoms with Crippen molar-refractivity contribution in [3.05, 3.63) is 42.5 Å². The van der Waals surface area contributed by atoms with Gasteiger partial charge in [0.25, 0.3) is 0 Å². The zero-order valence-corrected chi connectivity index (χ0v) is 19.1. The van der Waals surface area contributed by atoms with E-state index in [-0.39, 0.29) is 11.9 Å². The molecule has 0 radical (unpaired) electrons. The van der Waals surface area contributed by atoms with Crippen LogP contribution < -0.4 is 5.32 Å². The lowest BCUT2D eigenvalue weighted by atomic mass is 10.1. The Hall–Kier alpha value is -3.10. The summed E-state index contributed by atoms with van der Waals surface area (Å²) < 4.78 is 7.63. The Labute approximate surface area is 193 Å². The Bertz CT molecular complexity index is 1160. The van der Waals surface area contributed by atoms with Gasteiger partial charge in [0.1, 0.15) is 0 Å². The zero-order chi connectivity index (χ0) is 22.8. The molecule has 2 aliphatic heterocycles. The minimum Gasteiger partial charge on any atom is -0.378 e. The van der Waals surface area contributed by atoms with Crippen LogP contribution in [0.2, 0.25) is 0 Å². The molecule has 3 heterocycles. The highest BCUT2D eigenvalue weighted by Crippen LogP contribution is 2.31. The predicted molar refractivity (Wildman–Crippen MR) is 130 cm³/mol. The average Bonchev–Trinajstić information content (AvgIpc) is 3.17. The van der Waals surface area contributed by atoms with Crippen LogP contribution >= 0.6 is 0 Å². The van der Waals surface area contributed by atoms with Gasteiger partial charge in [-0.15, -0.1) is 0 Å². The van der Waals surface area contributed by atoms with E-state index in [9.17, 15) is 9.59 Å². The van der Waals surface area contributed by atoms with E-state index >= 15 is 0 Å². The van der Waals surface area contributed by atoms with Crippen LogP contribution in [0, 0.1) is 0 Å². The predicted octanol–water partition coefficient (Wildman–Crippen LogP) is 2.82. The summed E-state index contributed by atoms with van der Waals surface area (Å²) in [6.45, 7) is 8.59. The van der Waals surface area contributed by atoms with E-state index in [4.69, 9.17) is 4.74 Å². The summed E-state index contributed by atoms with van der Waals surface area (Å²) in [5.74, 6) is -0.0264. The van der Waals surface area contributed by atoms with Crippen molar-refractivity contribution in [1.29, 1.82) is 0 Å². The molecule has 8 nitrogen and oxygen atoms in total. The standard InChI is InChI=1S/C25H31N5O3/c1-2-30-22-6-4-3-5-20(22)21-17-19(7-8-23(21)30)26-24(31)18-27-9-11-28(12-10-27)25(32)29-13-15-33-16-14-29/h3-8,17H,2,9-16,18H2,1H3,(H,26,31). The number of rotatable bonds is 4. The summed E-state index contributed by atoms with van der Waals surface area (Å²) in [7, 11) is 0. The summed E-state index contributed by atoms with van der Waals surface area (Å²) in [5.41, 5.74) is 3.20. The van der Waals surface area contributed by atoms with Gasteiger partial charge in [-0.2, -0.15) is 0 Å². The van der Waals surface area contributed by atoms with Crippen LogP contribution in [0.3, 0.4) is 0 Å². The van der Waals surface area contributed by atoms with Crippen molar-refractivity contribution < 1.29 is 14.3 Å². The van der Waals surface area contributed by atoms with Crippen LogP contribution in [0.4, 0.5) is 10.5 Å². The molecule has 0 bridgehead atoms. The van der Waals surface area contributed by atoms with Crippen LogP contribution in [0.1, 0.15) is 6.92 Å². The molecule has 2 saturated heterocycles. The van der Waals surface area contributed by atoms with Gasteiger partial charge in [0, 0.05) is 73.3 Å². The van der Waals surface area contributed by atoms with E-state index in [1.54, 1.807) is 0 Å². The van der Waals surface area contributed by atoms with Crippen LogP contribution in [0.15, 0.2) is 42.5 Å². The van der Waals surface area contributed by atoms with Crippen molar-refractivity contribution in [2.45, 2.75) is 13.5 Å². The largest absolute Gasteiger partial charge is 0.378 e. The first-order valence-corrected chi connectivity index (χ1v) is 11.8. The fourth-order valence-corrected chi connectivity index (χ4v) is 4.93. The summed E-state index contributed by atoms with van der Waals surface area (Å²) in [6.07, 6.45) is 0. The number of benzene rings is 2. The van der Waals surface area contributed by atoms with Crippen LogP contribution in [-0.2, 0) is 16.1 Å². The van der Waals surface area contributed by atoms with E-state index in [2.05, 4.69) is 58.1 Å². The number of amides is 3. The SMILES string of the molecule is CCn1c2ccccc2c2cc(NC(=O)CN3CCN(C(=O)N4CCOCC4)CC3)ccc21. The van der Waals surface area contributed by atoms with Crippen molar-refractivity contribution in [3.63, 3.8) is 0 Å². The maximum atomic E-state index is 12.7. The molecule has 0 aliphatic carbocycles. The Balaban J connectivity index is 1.19. The zero-order valence-electron chi connectivity index (χ0n) is 19.1. The molecule has 2 aliphatic rings. The second kappa shape index (κ2) is 9.41. The molecular formula is C25H31N5O3. The lowest BCUT2D eigenvalue weighted by molar-refractivity contribution is -0.117. The van der Waals surface area contributed by atoms with E-state index in [1.165, 1.54) is 16.4 Å². The van der Waals surface area contributed by atoms with E-state index in [0.717, 1.165) is 17.6 Å². The molecule has 2 aromatic carbocycles. The lowest BCUT2D eigenvalue weighted by Crippen LogP contribution is -2.55. The van der Waals surface area contributed by atoms with Gasteiger partial charge in [-0.3, -0.25) is 9.69 Å². The minimum absolute atomic E-state index is 0.0264. The Morgan fingerprint density at radius 3 is 2.33 bits per heavy atom. The number of aromatic nitrogens is 1. The number of piperazine rings is 1. The molecule has 1 aromatic heterocycles. The highest BCUT2D eigenvalue weighted by Gasteiger charge is 2.27. The van der Waals surface area contributed by atoms with Crippen LogP contribution in [-0.4, -0.2) is 90.2 Å². The number of carbonyl (C=O) groups excluding carboxylic acids is 2. The number of aryl methyl sites for hydroxylation is 1. The van der Waals surface area contributed by atoms with Crippen molar-refractivity contribution >= 4 is 39.4 Å². The maximum Gasteiger partial charge on any atom is 0.320 e. The second-order valence-electron chi connectivity index (χ2n) is 8.69. The van der Waals surface area contributed by atoms with Gasteiger partial charge in [0.15, 0.2) is 0 Å². The normalized spacial score (nSPS) is 17.6. The molecule has 0 atom stereocenters. The highest BCUT2D eigenvalue weighted by molar-refractivity contribution is 6.09. The summed E-state index contributed by atoms with van der Waals surface area (Å²) >= 11 is 0. The van der Waals surface area contributed by atoms with E-state index in [1.807, 2.05) is 15.9 Å². The molecule has 5 rings (SSSR count). The molecule has 2 fully saturated rings. The Kier molecular flexibility index (Phi) is 6.20. The topological polar surface area (TPSA) is 70.1 Å². The van der Waals surface area contributed by atoms with Crippen molar-refractivity contribution in [2.24, 2.45) is 0 Å². The van der Waals surface area contributed by atoms with Gasteiger partial charge in [0.2, 0.25) is 5.91 Å². The number of carbonyl (C=O) groups is 2. The van der Waals surface area contributed by atoms with Gasteiger partial charge in [0.05, 0.1) is 19.8 Å². The van der Waals surface area contributed by atoms with Gasteiger partial charge in [-0.05, 0) is 31.2 Å². The van der Waals surface area contributed by atoms with E-state index < -0.39 is 0 Å². The fraction of sp³-hybridized carbons (Fsp3) is 0.440. The first-order chi connectivity index (χ1) is 16.1. The molecule has 3 aromatic rings. The van der Waals surface area contributed by atoms with Crippen molar-refractivity contribution in [1.82, 2.24) is 19.3 Å². The number of fused-ring (bicyclic) bond motifs is 3. The van der Waals surface area contributed by atoms with Crippen LogP contribution in [0.5, 0.6) is 0 Å². The minimum atomic E-state index is -0.0264. The summed E-state index contributed by atoms with van der Waals surface area (Å²) in [6, 6.07) is 14.6. The third-order valence-electron chi connectivity index (χ3n) is 6.66. The number of hydrogen-bond donors (Lipinski definition) is 1. The highest BCUT2D eigenvalue weighted by atomic mass is 16.5. The quantitative estimate of drug-likeness (QED) is 0.665. The summed E-state index contributed by atoms with van der Waals surface area (Å²) in [4.78, 5) is 31.2. The van der Waals surface area contributed by atoms with Gasteiger partial charge in [-0.25, -0.2) is 4.79 Å². The lowest BCUT2D eigenvalue weighted by Gasteiger charge is -2.38. The monoisotopic (exact) mass is 449 g/mol. The number of anilines is 1. The van der Waals surface area contributed by atoms with Gasteiger partial charge < -0.3 is 24.4 Å². The van der Waals surface area contributed by atoms with Crippen molar-refractivity contribution in [2.75, 3.05) is 64.3 Å². The number of nitrogens with zero attached hydrogens (tertiary/aromatic N) is 4. The smallest absolute Gasteiger partial charge is 0.320 e. The third-order valence-corrected chi connectivity index (χ3v) is 6.66. The molecule has 174 valence electrons. The number of urea groups is 1. The number of hydrogen-bond acceptors (Lipinski definition) is 4. The maximum absolute atomic E-state index is 12.7. The summed E-state index contributed by atoms with van der Waals surface area (Å²) in [5, 5.41) is 5.42. The Morgan fingerprint density at radius 2 is 1.58 bits per heavy atom. The number of morpholine rings is 1. The second-order valence-corrected chi connectivity index (χ2v) is 8.69. The third kappa shape index (κ3) is 4.41. The molecule has 33 heavy (non-hydrogen) atoms. The van der Waals surface area contributed by atoms with E-state index in [0.29, 0.717) is 59.0 Å². The van der Waals surface area contributed by atoms with Gasteiger partial charge in [-0.1, -0.05) is 18.2 Å². The number of para-hydroxylation sites is 1. The molecular weight excluding hydrogens is 418 g/mol. The molecule has 8 heteroatoms. The molecule has 3 amide bonds. The average molecular weight is 450 g/mol. The molecule has 0 spiro atoms. The first kappa shape index (κ1) is 21.7. The molecule has 0 saturated carbocycles.